The van der Waals surface area contributed by atoms with Crippen LogP contribution in [0.4, 0.5) is 5.95 Å². The Balaban J connectivity index is 1.66. The zero-order chi connectivity index (χ0) is 22.0. The number of nitrogen functional groups attached to an aromatic ring is 1. The maximum Gasteiger partial charge on any atom is 0.348 e. The summed E-state index contributed by atoms with van der Waals surface area (Å²) in [6, 6.07) is 13.7. The van der Waals surface area contributed by atoms with Crippen molar-refractivity contribution < 1.29 is 4.74 Å². The molecule has 2 aromatic carbocycles. The van der Waals surface area contributed by atoms with Gasteiger partial charge in [-0.15, -0.1) is 10.2 Å². The van der Waals surface area contributed by atoms with Crippen LogP contribution in [-0.2, 0) is 0 Å². The predicted octanol–water partition coefficient (Wildman–Crippen LogP) is 0.410. The number of fused-ring (bicyclic) bond motifs is 1. The molecule has 0 radical (unpaired) electrons. The number of aromatic nitrogens is 5. The van der Waals surface area contributed by atoms with Crippen molar-refractivity contribution in [2.75, 3.05) is 18.4 Å². The van der Waals surface area contributed by atoms with E-state index in [9.17, 15) is 14.4 Å². The van der Waals surface area contributed by atoms with E-state index in [1.54, 1.807) is 61.7 Å². The Bertz CT molecular complexity index is 1470. The smallest absolute Gasteiger partial charge is 0.348 e. The molecular weight excluding hydrogens is 402 g/mol. The minimum Gasteiger partial charge on any atom is -0.497 e. The maximum absolute atomic E-state index is 12.6. The summed E-state index contributed by atoms with van der Waals surface area (Å²) in [4.78, 5) is 40.0. The van der Waals surface area contributed by atoms with E-state index in [0.29, 0.717) is 20.6 Å². The van der Waals surface area contributed by atoms with E-state index in [4.69, 9.17) is 10.6 Å². The summed E-state index contributed by atoms with van der Waals surface area (Å²) in [5.41, 5.74) is 1.56. The van der Waals surface area contributed by atoms with Crippen LogP contribution in [0, 0.1) is 0 Å². The summed E-state index contributed by atoms with van der Waals surface area (Å²) in [6.45, 7) is 0. The molecule has 0 amide bonds. The van der Waals surface area contributed by atoms with E-state index in [0.717, 1.165) is 5.56 Å². The molecule has 0 bridgehead atoms. The number of hydrogen-bond donors (Lipinski definition) is 3. The number of hydrogen-bond acceptors (Lipinski definition) is 8. The van der Waals surface area contributed by atoms with E-state index in [2.05, 4.69) is 20.6 Å². The Labute approximate surface area is 174 Å². The largest absolute Gasteiger partial charge is 0.497 e. The molecule has 0 fully saturated rings. The van der Waals surface area contributed by atoms with Gasteiger partial charge in [0.15, 0.2) is 5.69 Å². The maximum atomic E-state index is 12.6. The first-order valence-corrected chi connectivity index (χ1v) is 9.06. The SMILES string of the molecule is COc1ccc(/C=C/c2nnc(Nn3c(=O)[nH]c4ccccc4c3=O)n(N)c2=O)cc1. The number of aromatic amines is 1. The van der Waals surface area contributed by atoms with Crippen LogP contribution in [0.25, 0.3) is 23.1 Å². The first-order valence-electron chi connectivity index (χ1n) is 9.06. The number of H-pyrrole nitrogens is 1. The summed E-state index contributed by atoms with van der Waals surface area (Å²) < 4.78 is 6.43. The molecule has 0 aliphatic rings. The monoisotopic (exact) mass is 419 g/mol. The molecule has 31 heavy (non-hydrogen) atoms. The molecule has 11 heteroatoms. The second-order valence-corrected chi connectivity index (χ2v) is 6.42. The number of para-hydroxylation sites is 1. The molecule has 0 aliphatic carbocycles. The molecule has 4 aromatic rings. The molecule has 2 heterocycles. The van der Waals surface area contributed by atoms with E-state index >= 15 is 0 Å². The van der Waals surface area contributed by atoms with Gasteiger partial charge >= 0.3 is 5.69 Å². The van der Waals surface area contributed by atoms with Gasteiger partial charge in [0.25, 0.3) is 17.1 Å². The van der Waals surface area contributed by atoms with Gasteiger partial charge in [-0.05, 0) is 35.9 Å². The highest BCUT2D eigenvalue weighted by Gasteiger charge is 2.12. The van der Waals surface area contributed by atoms with Gasteiger partial charge in [0, 0.05) is 0 Å². The second kappa shape index (κ2) is 7.99. The van der Waals surface area contributed by atoms with E-state index < -0.39 is 16.8 Å². The Morgan fingerprint density at radius 2 is 1.74 bits per heavy atom. The van der Waals surface area contributed by atoms with Crippen molar-refractivity contribution in [2.24, 2.45) is 0 Å². The lowest BCUT2D eigenvalue weighted by Gasteiger charge is -2.10. The first kappa shape index (κ1) is 19.6. The third kappa shape index (κ3) is 3.79. The predicted molar refractivity (Wildman–Crippen MR) is 116 cm³/mol. The summed E-state index contributed by atoms with van der Waals surface area (Å²) in [6.07, 6.45) is 3.12. The van der Waals surface area contributed by atoms with Crippen molar-refractivity contribution in [3.8, 4) is 5.75 Å². The first-order chi connectivity index (χ1) is 15.0. The molecule has 4 N–H and O–H groups in total. The molecule has 2 aromatic heterocycles. The van der Waals surface area contributed by atoms with Crippen LogP contribution >= 0.6 is 0 Å². The number of nitrogens with zero attached hydrogens (tertiary/aromatic N) is 4. The molecule has 11 nitrogen and oxygen atoms in total. The van der Waals surface area contributed by atoms with Gasteiger partial charge in [-0.1, -0.05) is 30.3 Å². The molecule has 156 valence electrons. The van der Waals surface area contributed by atoms with Gasteiger partial charge in [-0.25, -0.2) is 4.79 Å². The summed E-state index contributed by atoms with van der Waals surface area (Å²) in [5.74, 6) is 6.23. The van der Waals surface area contributed by atoms with Crippen molar-refractivity contribution in [3.63, 3.8) is 0 Å². The zero-order valence-corrected chi connectivity index (χ0v) is 16.3. The lowest BCUT2D eigenvalue weighted by molar-refractivity contribution is 0.415. The number of rotatable bonds is 5. The fourth-order valence-corrected chi connectivity index (χ4v) is 2.85. The molecule has 0 saturated carbocycles. The van der Waals surface area contributed by atoms with Crippen molar-refractivity contribution in [1.82, 2.24) is 24.5 Å². The molecule has 0 atom stereocenters. The van der Waals surface area contributed by atoms with Crippen LogP contribution in [0.15, 0.2) is 62.9 Å². The molecular formula is C20H17N7O4. The van der Waals surface area contributed by atoms with Crippen molar-refractivity contribution >= 4 is 29.0 Å². The van der Waals surface area contributed by atoms with Crippen LogP contribution in [0.3, 0.4) is 0 Å². The molecule has 0 saturated heterocycles. The highest BCUT2D eigenvalue weighted by atomic mass is 16.5. The number of ether oxygens (including phenoxy) is 1. The van der Waals surface area contributed by atoms with Crippen LogP contribution in [0.1, 0.15) is 11.3 Å². The normalized spacial score (nSPS) is 11.1. The van der Waals surface area contributed by atoms with Crippen LogP contribution in [-0.4, -0.2) is 31.6 Å². The second-order valence-electron chi connectivity index (χ2n) is 6.42. The lowest BCUT2D eigenvalue weighted by Crippen LogP contribution is -2.43. The standard InChI is InChI=1S/C20H17N7O4/c1-31-13-9-6-12(7-10-13)8-11-16-18(29)26(21)19(24-23-16)25-27-17(28)14-4-2-3-5-15(14)22-20(27)30/h2-11H,21H2,1H3,(H,22,30)(H,24,25)/b11-8+. The number of methoxy groups -OCH3 is 1. The topological polar surface area (TPSA) is 150 Å². The van der Waals surface area contributed by atoms with Gasteiger partial charge in [-0.2, -0.15) is 9.35 Å². The van der Waals surface area contributed by atoms with E-state index in [1.165, 1.54) is 6.08 Å². The average molecular weight is 419 g/mol. The highest BCUT2D eigenvalue weighted by molar-refractivity contribution is 5.77. The molecule has 0 spiro atoms. The fraction of sp³-hybridized carbons (Fsp3) is 0.0500. The van der Waals surface area contributed by atoms with Gasteiger partial charge in [0.1, 0.15) is 5.75 Å². The molecule has 4 rings (SSSR count). The van der Waals surface area contributed by atoms with Crippen LogP contribution in [0.5, 0.6) is 5.75 Å². The number of benzene rings is 2. The van der Waals surface area contributed by atoms with Crippen molar-refractivity contribution in [1.29, 1.82) is 0 Å². The van der Waals surface area contributed by atoms with Crippen molar-refractivity contribution in [2.45, 2.75) is 0 Å². The highest BCUT2D eigenvalue weighted by Crippen LogP contribution is 2.13. The molecule has 0 unspecified atom stereocenters. The van der Waals surface area contributed by atoms with Gasteiger partial charge in [-0.3, -0.25) is 15.0 Å². The third-order valence-corrected chi connectivity index (χ3v) is 4.49. The fourth-order valence-electron chi connectivity index (χ4n) is 2.85. The van der Waals surface area contributed by atoms with E-state index in [-0.39, 0.29) is 17.0 Å². The van der Waals surface area contributed by atoms with Gasteiger partial charge in [0.05, 0.1) is 18.0 Å². The minimum atomic E-state index is -0.749. The lowest BCUT2D eigenvalue weighted by atomic mass is 10.2. The number of anilines is 1. The summed E-state index contributed by atoms with van der Waals surface area (Å²) >= 11 is 0. The average Bonchev–Trinajstić information content (AvgIpc) is 2.79. The van der Waals surface area contributed by atoms with Gasteiger partial charge < -0.3 is 15.6 Å². The number of nitrogens with one attached hydrogen (secondary N) is 2. The quantitative estimate of drug-likeness (QED) is 0.394. The Hall–Kier alpha value is -4.67. The van der Waals surface area contributed by atoms with Crippen LogP contribution in [0.2, 0.25) is 0 Å². The number of nitrogens with two attached hydrogens (primary N) is 1. The molecule has 0 aliphatic heterocycles. The van der Waals surface area contributed by atoms with Crippen molar-refractivity contribution in [3.05, 3.63) is 91.0 Å². The summed E-state index contributed by atoms with van der Waals surface area (Å²) in [5, 5.41) is 7.94. The van der Waals surface area contributed by atoms with Gasteiger partial charge in [0.2, 0.25) is 0 Å². The Morgan fingerprint density at radius 1 is 1.00 bits per heavy atom. The third-order valence-electron chi connectivity index (χ3n) is 4.49. The Morgan fingerprint density at radius 3 is 2.48 bits per heavy atom. The minimum absolute atomic E-state index is 0.0244. The van der Waals surface area contributed by atoms with E-state index in [1.807, 2.05) is 0 Å². The van der Waals surface area contributed by atoms with Crippen LogP contribution < -0.4 is 32.8 Å². The summed E-state index contributed by atoms with van der Waals surface area (Å²) in [7, 11) is 1.57. The zero-order valence-electron chi connectivity index (χ0n) is 16.3. The Kier molecular flexibility index (Phi) is 5.06.